The predicted octanol–water partition coefficient (Wildman–Crippen LogP) is 6.14. The molecule has 7 rings (SSSR count). The third-order valence-electron chi connectivity index (χ3n) is 8.44. The van der Waals surface area contributed by atoms with Crippen LogP contribution in [0.15, 0.2) is 48.5 Å². The van der Waals surface area contributed by atoms with Crippen molar-refractivity contribution in [2.75, 3.05) is 44.7 Å². The smallest absolute Gasteiger partial charge is 0.318 e. The molecule has 1 aromatic heterocycles. The van der Waals surface area contributed by atoms with Crippen molar-refractivity contribution in [2.45, 2.75) is 43.9 Å². The minimum atomic E-state index is -0.518. The zero-order valence-corrected chi connectivity index (χ0v) is 24.2. The lowest BCUT2D eigenvalue weighted by Crippen LogP contribution is -2.50. The van der Waals surface area contributed by atoms with Gasteiger partial charge in [0.2, 0.25) is 0 Å². The van der Waals surface area contributed by atoms with E-state index >= 15 is 4.39 Å². The minimum absolute atomic E-state index is 0.0155. The zero-order chi connectivity index (χ0) is 29.2. The first-order valence-corrected chi connectivity index (χ1v) is 14.8. The fourth-order valence-electron chi connectivity index (χ4n) is 6.48. The van der Waals surface area contributed by atoms with Gasteiger partial charge in [-0.2, -0.15) is 15.2 Å². The highest BCUT2D eigenvalue weighted by Crippen LogP contribution is 2.38. The lowest BCUT2D eigenvalue weighted by atomic mass is 9.96. The monoisotopic (exact) mass is 590 g/mol. The van der Waals surface area contributed by atoms with Gasteiger partial charge in [-0.05, 0) is 48.9 Å². The number of fused-ring (bicyclic) bond motifs is 3. The number of aromatic nitrogens is 2. The Morgan fingerprint density at radius 2 is 1.93 bits per heavy atom. The van der Waals surface area contributed by atoms with Gasteiger partial charge in [-0.15, -0.1) is 0 Å². The maximum atomic E-state index is 16.0. The molecule has 10 heteroatoms. The molecule has 4 aromatic rings. The SMILES string of the molecule is COc1nc(N2CCNC(CC#N)C2)c2ccc(-c3cccc4cccc(Cl)c34)c(F)c2n1.FC1CC2CCCN2C1. The number of rotatable bonds is 4. The summed E-state index contributed by atoms with van der Waals surface area (Å²) in [5.74, 6) is 0.147. The van der Waals surface area contributed by atoms with Gasteiger partial charge in [0.1, 0.15) is 17.5 Å². The molecule has 0 bridgehead atoms. The molecule has 0 radical (unpaired) electrons. The second kappa shape index (κ2) is 12.3. The van der Waals surface area contributed by atoms with Crippen molar-refractivity contribution < 1.29 is 13.5 Å². The van der Waals surface area contributed by atoms with E-state index in [1.54, 1.807) is 12.1 Å². The first kappa shape index (κ1) is 28.5. The molecule has 3 aromatic carbocycles. The third-order valence-corrected chi connectivity index (χ3v) is 8.76. The van der Waals surface area contributed by atoms with E-state index in [0.29, 0.717) is 66.0 Å². The van der Waals surface area contributed by atoms with E-state index in [-0.39, 0.29) is 17.6 Å². The first-order chi connectivity index (χ1) is 20.5. The summed E-state index contributed by atoms with van der Waals surface area (Å²) in [7, 11) is 1.47. The van der Waals surface area contributed by atoms with Crippen LogP contribution in [-0.2, 0) is 0 Å². The molecule has 3 atom stereocenters. The molecule has 4 heterocycles. The number of anilines is 1. The van der Waals surface area contributed by atoms with Gasteiger partial charge >= 0.3 is 6.01 Å². The number of nitrogens with one attached hydrogen (secondary N) is 1. The van der Waals surface area contributed by atoms with Gasteiger partial charge in [0.25, 0.3) is 0 Å². The van der Waals surface area contributed by atoms with Crippen LogP contribution in [0.25, 0.3) is 32.8 Å². The Hall–Kier alpha value is -3.58. The molecule has 3 fully saturated rings. The molecule has 42 heavy (non-hydrogen) atoms. The van der Waals surface area contributed by atoms with Crippen LogP contribution in [0.2, 0.25) is 5.02 Å². The summed E-state index contributed by atoms with van der Waals surface area (Å²) < 4.78 is 33.9. The van der Waals surface area contributed by atoms with Gasteiger partial charge in [-0.3, -0.25) is 4.90 Å². The van der Waals surface area contributed by atoms with Gasteiger partial charge in [0.15, 0.2) is 5.82 Å². The number of methoxy groups -OCH3 is 1. The summed E-state index contributed by atoms with van der Waals surface area (Å²) in [6.45, 7) is 3.83. The molecule has 1 N–H and O–H groups in total. The fourth-order valence-corrected chi connectivity index (χ4v) is 6.76. The molecule has 0 saturated carbocycles. The topological polar surface area (TPSA) is 77.3 Å². The van der Waals surface area contributed by atoms with Crippen molar-refractivity contribution in [1.82, 2.24) is 20.2 Å². The molecule has 7 nitrogen and oxygen atoms in total. The number of nitrogens with zero attached hydrogens (tertiary/aromatic N) is 5. The van der Waals surface area contributed by atoms with Crippen molar-refractivity contribution in [3.8, 4) is 23.2 Å². The molecule has 0 amide bonds. The highest BCUT2D eigenvalue weighted by molar-refractivity contribution is 6.36. The van der Waals surface area contributed by atoms with Crippen LogP contribution in [0.3, 0.4) is 0 Å². The molecule has 3 saturated heterocycles. The maximum absolute atomic E-state index is 16.0. The Labute approximate surface area is 249 Å². The van der Waals surface area contributed by atoms with Gasteiger partial charge in [-0.25, -0.2) is 8.78 Å². The van der Waals surface area contributed by atoms with Gasteiger partial charge in [0.05, 0.1) is 19.6 Å². The number of benzene rings is 3. The fraction of sp³-hybridized carbons (Fsp3) is 0.406. The van der Waals surface area contributed by atoms with Crippen molar-refractivity contribution >= 4 is 39.1 Å². The molecular formula is C32H33ClF2N6O. The van der Waals surface area contributed by atoms with Crippen LogP contribution < -0.4 is 15.0 Å². The van der Waals surface area contributed by atoms with Crippen LogP contribution in [0.4, 0.5) is 14.6 Å². The lowest BCUT2D eigenvalue weighted by Gasteiger charge is -2.34. The Kier molecular flexibility index (Phi) is 8.38. The van der Waals surface area contributed by atoms with E-state index in [2.05, 4.69) is 31.2 Å². The number of hydrogen-bond acceptors (Lipinski definition) is 7. The molecule has 3 aliphatic heterocycles. The summed E-state index contributed by atoms with van der Waals surface area (Å²) >= 11 is 6.49. The van der Waals surface area contributed by atoms with Crippen LogP contribution in [0.1, 0.15) is 25.7 Å². The van der Waals surface area contributed by atoms with Crippen LogP contribution >= 0.6 is 11.6 Å². The Morgan fingerprint density at radius 1 is 1.10 bits per heavy atom. The largest absolute Gasteiger partial charge is 0.467 e. The number of alkyl halides is 1. The average Bonchev–Trinajstić information content (AvgIpc) is 3.58. The first-order valence-electron chi connectivity index (χ1n) is 14.4. The summed E-state index contributed by atoms with van der Waals surface area (Å²) in [6, 6.07) is 17.9. The summed E-state index contributed by atoms with van der Waals surface area (Å²) in [5, 5.41) is 15.3. The van der Waals surface area contributed by atoms with Crippen LogP contribution in [-0.4, -0.2) is 73.0 Å². The summed E-state index contributed by atoms with van der Waals surface area (Å²) in [4.78, 5) is 13.2. The standard InChI is InChI=1S/C25H21ClFN5O.C7H12FN/c1-33-25-30-23-19(24(31-25)32-13-12-29-16(14-32)10-11-28)9-8-18(22(23)27)17-6-2-4-15-5-3-7-20(26)21(15)17;8-6-4-7-2-1-3-9(7)5-6/h2-9,16,29H,10,12-14H2,1H3;6-7H,1-5H2. The van der Waals surface area contributed by atoms with Gasteiger partial charge in [0, 0.05) is 59.6 Å². The molecular weight excluding hydrogens is 558 g/mol. The highest BCUT2D eigenvalue weighted by atomic mass is 35.5. The Morgan fingerprint density at radius 3 is 2.71 bits per heavy atom. The predicted molar refractivity (Wildman–Crippen MR) is 162 cm³/mol. The van der Waals surface area contributed by atoms with E-state index in [1.807, 2.05) is 36.4 Å². The third kappa shape index (κ3) is 5.59. The van der Waals surface area contributed by atoms with Crippen molar-refractivity contribution in [3.63, 3.8) is 0 Å². The Bertz CT molecular complexity index is 1630. The van der Waals surface area contributed by atoms with Crippen LogP contribution in [0.5, 0.6) is 6.01 Å². The normalized spacial score (nSPS) is 22.1. The maximum Gasteiger partial charge on any atom is 0.318 e. The average molecular weight is 591 g/mol. The van der Waals surface area contributed by atoms with E-state index in [0.717, 1.165) is 23.7 Å². The number of halogens is 3. The second-order valence-electron chi connectivity index (χ2n) is 11.1. The number of ether oxygens (including phenoxy) is 1. The molecule has 3 unspecified atom stereocenters. The highest BCUT2D eigenvalue weighted by Gasteiger charge is 2.34. The van der Waals surface area contributed by atoms with Crippen molar-refractivity contribution in [2.24, 2.45) is 0 Å². The van der Waals surface area contributed by atoms with Gasteiger partial charge < -0.3 is 15.0 Å². The van der Waals surface area contributed by atoms with E-state index in [4.69, 9.17) is 21.6 Å². The second-order valence-corrected chi connectivity index (χ2v) is 11.5. The van der Waals surface area contributed by atoms with E-state index in [9.17, 15) is 4.39 Å². The zero-order valence-electron chi connectivity index (χ0n) is 23.5. The molecule has 218 valence electrons. The summed E-state index contributed by atoms with van der Waals surface area (Å²) in [6.07, 6.45) is 3.20. The van der Waals surface area contributed by atoms with E-state index in [1.165, 1.54) is 20.0 Å². The molecule has 0 aliphatic carbocycles. The molecule has 0 spiro atoms. The quantitative estimate of drug-likeness (QED) is 0.306. The van der Waals surface area contributed by atoms with Crippen LogP contribution in [0, 0.1) is 17.1 Å². The molecule has 3 aliphatic rings. The summed E-state index contributed by atoms with van der Waals surface area (Å²) in [5.41, 5.74) is 1.30. The number of hydrogen-bond donors (Lipinski definition) is 1. The van der Waals surface area contributed by atoms with Crippen molar-refractivity contribution in [3.05, 3.63) is 59.4 Å². The van der Waals surface area contributed by atoms with Crippen molar-refractivity contribution in [1.29, 1.82) is 5.26 Å². The Balaban J connectivity index is 0.000000296. The lowest BCUT2D eigenvalue weighted by molar-refractivity contribution is 0.292. The number of nitriles is 1. The van der Waals surface area contributed by atoms with E-state index < -0.39 is 12.0 Å². The van der Waals surface area contributed by atoms with Gasteiger partial charge in [-0.1, -0.05) is 48.0 Å². The minimum Gasteiger partial charge on any atom is -0.467 e. The number of piperazine rings is 1.